The second-order valence-corrected chi connectivity index (χ2v) is 7.83. The molecule has 4 saturated carbocycles. The number of hydrogen-bond acceptors (Lipinski definition) is 3. The van der Waals surface area contributed by atoms with Gasteiger partial charge >= 0.3 is 0 Å². The van der Waals surface area contributed by atoms with E-state index >= 15 is 0 Å². The number of aliphatic hydroxyl groups is 1. The zero-order valence-corrected chi connectivity index (χ0v) is 11.9. The van der Waals surface area contributed by atoms with Crippen LogP contribution in [0.1, 0.15) is 38.5 Å². The van der Waals surface area contributed by atoms with Gasteiger partial charge in [0.15, 0.2) is 0 Å². The van der Waals surface area contributed by atoms with Gasteiger partial charge in [0, 0.05) is 19.6 Å². The van der Waals surface area contributed by atoms with E-state index in [1.807, 2.05) is 0 Å². The highest BCUT2D eigenvalue weighted by molar-refractivity contribution is 5.02. The molecule has 0 aromatic heterocycles. The van der Waals surface area contributed by atoms with Crippen LogP contribution in [0.2, 0.25) is 0 Å². The lowest BCUT2D eigenvalue weighted by molar-refractivity contribution is -0.101. The lowest BCUT2D eigenvalue weighted by Gasteiger charge is -2.58. The van der Waals surface area contributed by atoms with Gasteiger partial charge in [-0.15, -0.1) is 0 Å². The standard InChI is InChI=1S/C16H27NO2/c18-10-15-9-17(1-2-19-15)11-16-6-12-3-13(7-16)5-14(4-12)8-16/h12-15,18H,1-11H2. The Hall–Kier alpha value is -0.120. The maximum atomic E-state index is 9.29. The first-order valence-electron chi connectivity index (χ1n) is 8.19. The number of ether oxygens (including phenoxy) is 1. The smallest absolute Gasteiger partial charge is 0.0932 e. The fraction of sp³-hybridized carbons (Fsp3) is 1.00. The molecule has 3 nitrogen and oxygen atoms in total. The number of rotatable bonds is 3. The van der Waals surface area contributed by atoms with Crippen molar-refractivity contribution in [3.8, 4) is 0 Å². The predicted octanol–water partition coefficient (Wildman–Crippen LogP) is 1.90. The highest BCUT2D eigenvalue weighted by Crippen LogP contribution is 2.60. The van der Waals surface area contributed by atoms with E-state index < -0.39 is 0 Å². The van der Waals surface area contributed by atoms with E-state index in [2.05, 4.69) is 4.90 Å². The molecule has 0 amide bonds. The van der Waals surface area contributed by atoms with E-state index in [1.54, 1.807) is 0 Å². The molecule has 0 aromatic rings. The molecule has 1 heterocycles. The van der Waals surface area contributed by atoms with Crippen molar-refractivity contribution in [1.29, 1.82) is 0 Å². The van der Waals surface area contributed by atoms with Gasteiger partial charge in [0.1, 0.15) is 0 Å². The molecule has 19 heavy (non-hydrogen) atoms. The Kier molecular flexibility index (Phi) is 3.13. The van der Waals surface area contributed by atoms with Crippen LogP contribution in [0.5, 0.6) is 0 Å². The van der Waals surface area contributed by atoms with Crippen molar-refractivity contribution in [3.05, 3.63) is 0 Å². The van der Waals surface area contributed by atoms with E-state index in [-0.39, 0.29) is 12.7 Å². The fourth-order valence-electron chi connectivity index (χ4n) is 5.99. The van der Waals surface area contributed by atoms with Gasteiger partial charge in [-0.2, -0.15) is 0 Å². The predicted molar refractivity (Wildman–Crippen MR) is 73.9 cm³/mol. The first-order valence-corrected chi connectivity index (χ1v) is 8.19. The highest BCUT2D eigenvalue weighted by Gasteiger charge is 2.51. The fourth-order valence-corrected chi connectivity index (χ4v) is 5.99. The molecule has 4 aliphatic carbocycles. The monoisotopic (exact) mass is 265 g/mol. The zero-order chi connectivity index (χ0) is 12.9. The molecule has 1 N–H and O–H groups in total. The maximum Gasteiger partial charge on any atom is 0.0932 e. The van der Waals surface area contributed by atoms with Crippen molar-refractivity contribution in [2.75, 3.05) is 32.8 Å². The highest BCUT2D eigenvalue weighted by atomic mass is 16.5. The van der Waals surface area contributed by atoms with E-state index in [1.165, 1.54) is 45.1 Å². The number of nitrogens with zero attached hydrogens (tertiary/aromatic N) is 1. The summed E-state index contributed by atoms with van der Waals surface area (Å²) in [5.74, 6) is 3.13. The van der Waals surface area contributed by atoms with E-state index in [9.17, 15) is 5.11 Å². The van der Waals surface area contributed by atoms with Crippen LogP contribution in [0.25, 0.3) is 0 Å². The third-order valence-electron chi connectivity index (χ3n) is 6.15. The number of aliphatic hydroxyl groups excluding tert-OH is 1. The largest absolute Gasteiger partial charge is 0.394 e. The molecule has 0 radical (unpaired) electrons. The average Bonchev–Trinajstić information content (AvgIpc) is 2.36. The quantitative estimate of drug-likeness (QED) is 0.846. The summed E-state index contributed by atoms with van der Waals surface area (Å²) in [6.07, 6.45) is 9.10. The molecular weight excluding hydrogens is 238 g/mol. The van der Waals surface area contributed by atoms with Crippen LogP contribution in [0, 0.1) is 23.2 Å². The van der Waals surface area contributed by atoms with E-state index in [4.69, 9.17) is 4.74 Å². The minimum absolute atomic E-state index is 0.0580. The average molecular weight is 265 g/mol. The van der Waals surface area contributed by atoms with Crippen LogP contribution >= 0.6 is 0 Å². The molecule has 5 rings (SSSR count). The molecule has 5 aliphatic rings. The normalized spacial score (nSPS) is 49.7. The van der Waals surface area contributed by atoms with Gasteiger partial charge in [-0.05, 0) is 61.7 Å². The lowest BCUT2D eigenvalue weighted by atomic mass is 9.49. The van der Waals surface area contributed by atoms with Crippen LogP contribution in [-0.2, 0) is 4.74 Å². The van der Waals surface area contributed by atoms with Crippen molar-refractivity contribution < 1.29 is 9.84 Å². The third kappa shape index (κ3) is 2.34. The van der Waals surface area contributed by atoms with Crippen molar-refractivity contribution in [2.45, 2.75) is 44.6 Å². The van der Waals surface area contributed by atoms with Gasteiger partial charge < -0.3 is 9.84 Å². The summed E-state index contributed by atoms with van der Waals surface area (Å²) in [7, 11) is 0. The van der Waals surface area contributed by atoms with Gasteiger partial charge in [-0.1, -0.05) is 0 Å². The van der Waals surface area contributed by atoms with Crippen LogP contribution in [0.3, 0.4) is 0 Å². The first-order chi connectivity index (χ1) is 9.25. The summed E-state index contributed by atoms with van der Waals surface area (Å²) in [4.78, 5) is 2.58. The number of morpholine rings is 1. The second kappa shape index (κ2) is 4.71. The van der Waals surface area contributed by atoms with Crippen LogP contribution in [0.15, 0.2) is 0 Å². The minimum Gasteiger partial charge on any atom is -0.394 e. The summed E-state index contributed by atoms with van der Waals surface area (Å²) in [6.45, 7) is 4.27. The van der Waals surface area contributed by atoms with Crippen LogP contribution in [-0.4, -0.2) is 49.0 Å². The van der Waals surface area contributed by atoms with Gasteiger partial charge in [-0.3, -0.25) is 4.90 Å². The maximum absolute atomic E-state index is 9.29. The molecular formula is C16H27NO2. The summed E-state index contributed by atoms with van der Waals surface area (Å²) in [5.41, 5.74) is 0.631. The Balaban J connectivity index is 1.44. The Bertz CT molecular complexity index is 308. The molecule has 3 heteroatoms. The molecule has 1 saturated heterocycles. The van der Waals surface area contributed by atoms with E-state index in [0.717, 1.165) is 37.5 Å². The minimum atomic E-state index is 0.0580. The molecule has 108 valence electrons. The van der Waals surface area contributed by atoms with Gasteiger partial charge in [0.05, 0.1) is 19.3 Å². The third-order valence-corrected chi connectivity index (χ3v) is 6.15. The number of hydrogen-bond donors (Lipinski definition) is 1. The Labute approximate surface area is 116 Å². The Morgan fingerprint density at radius 3 is 2.26 bits per heavy atom. The van der Waals surface area contributed by atoms with Crippen LogP contribution in [0.4, 0.5) is 0 Å². The molecule has 1 unspecified atom stereocenters. The van der Waals surface area contributed by atoms with E-state index in [0.29, 0.717) is 5.41 Å². The second-order valence-electron chi connectivity index (χ2n) is 7.83. The van der Waals surface area contributed by atoms with Gasteiger partial charge in [-0.25, -0.2) is 0 Å². The van der Waals surface area contributed by atoms with Crippen molar-refractivity contribution in [2.24, 2.45) is 23.2 Å². The molecule has 5 fully saturated rings. The summed E-state index contributed by atoms with van der Waals surface area (Å²) in [5, 5.41) is 9.29. The Morgan fingerprint density at radius 1 is 1.05 bits per heavy atom. The van der Waals surface area contributed by atoms with Crippen molar-refractivity contribution in [3.63, 3.8) is 0 Å². The molecule has 1 aliphatic heterocycles. The van der Waals surface area contributed by atoms with Gasteiger partial charge in [0.25, 0.3) is 0 Å². The summed E-state index contributed by atoms with van der Waals surface area (Å²) in [6, 6.07) is 0. The molecule has 4 bridgehead atoms. The summed E-state index contributed by atoms with van der Waals surface area (Å²) < 4.78 is 5.59. The SMILES string of the molecule is OCC1CN(CC23CC4CC(CC(C4)C2)C3)CCO1. The molecule has 0 aromatic carbocycles. The van der Waals surface area contributed by atoms with Crippen molar-refractivity contribution >= 4 is 0 Å². The van der Waals surface area contributed by atoms with Crippen LogP contribution < -0.4 is 0 Å². The Morgan fingerprint density at radius 2 is 1.68 bits per heavy atom. The zero-order valence-electron chi connectivity index (χ0n) is 11.9. The first kappa shape index (κ1) is 12.6. The lowest BCUT2D eigenvalue weighted by Crippen LogP contribution is -2.54. The molecule has 1 atom stereocenters. The van der Waals surface area contributed by atoms with Gasteiger partial charge in [0.2, 0.25) is 0 Å². The van der Waals surface area contributed by atoms with Crippen molar-refractivity contribution in [1.82, 2.24) is 4.90 Å². The summed E-state index contributed by atoms with van der Waals surface area (Å²) >= 11 is 0. The topological polar surface area (TPSA) is 32.7 Å². The molecule has 0 spiro atoms.